The summed E-state index contributed by atoms with van der Waals surface area (Å²) in [6.45, 7) is 1.36. The van der Waals surface area contributed by atoms with Gasteiger partial charge in [-0.15, -0.1) is 0 Å². The molecule has 0 aliphatic carbocycles. The van der Waals surface area contributed by atoms with Gasteiger partial charge in [-0.1, -0.05) is 60.7 Å². The average Bonchev–Trinajstić information content (AvgIpc) is 2.92. The van der Waals surface area contributed by atoms with Crippen molar-refractivity contribution in [2.75, 3.05) is 31.6 Å². The smallest absolute Gasteiger partial charge is 0.264 e. The summed E-state index contributed by atoms with van der Waals surface area (Å²) in [4.78, 5) is 27.6. The molecule has 8 nitrogen and oxygen atoms in total. The molecule has 0 saturated heterocycles. The van der Waals surface area contributed by atoms with Gasteiger partial charge in [0, 0.05) is 13.6 Å². The Morgan fingerprint density at radius 2 is 1.50 bits per heavy atom. The summed E-state index contributed by atoms with van der Waals surface area (Å²) in [5, 5.41) is 2.57. The Bertz CT molecular complexity index is 1270. The molecule has 190 valence electrons. The number of nitrogens with one attached hydrogen (secondary N) is 1. The van der Waals surface area contributed by atoms with E-state index in [1.54, 1.807) is 49.4 Å². The molecule has 9 heteroatoms. The maximum Gasteiger partial charge on any atom is 0.264 e. The highest BCUT2D eigenvalue weighted by atomic mass is 32.2. The van der Waals surface area contributed by atoms with E-state index in [0.717, 1.165) is 9.87 Å². The van der Waals surface area contributed by atoms with Crippen LogP contribution in [0.4, 0.5) is 5.69 Å². The van der Waals surface area contributed by atoms with E-state index in [9.17, 15) is 18.0 Å². The van der Waals surface area contributed by atoms with E-state index < -0.39 is 28.5 Å². The van der Waals surface area contributed by atoms with E-state index in [4.69, 9.17) is 4.74 Å². The zero-order valence-electron chi connectivity index (χ0n) is 20.6. The summed E-state index contributed by atoms with van der Waals surface area (Å²) in [6, 6.07) is 23.3. The second kappa shape index (κ2) is 12.2. The van der Waals surface area contributed by atoms with Crippen LogP contribution in [0.1, 0.15) is 12.5 Å². The van der Waals surface area contributed by atoms with Gasteiger partial charge >= 0.3 is 0 Å². The number of hydrogen-bond acceptors (Lipinski definition) is 5. The molecular weight excluding hydrogens is 478 g/mol. The van der Waals surface area contributed by atoms with E-state index in [2.05, 4.69) is 5.32 Å². The van der Waals surface area contributed by atoms with Gasteiger partial charge < -0.3 is 15.0 Å². The van der Waals surface area contributed by atoms with Gasteiger partial charge in [-0.05, 0) is 43.2 Å². The summed E-state index contributed by atoms with van der Waals surface area (Å²) in [5.74, 6) is -0.543. The number of hydrogen-bond donors (Lipinski definition) is 1. The lowest BCUT2D eigenvalue weighted by atomic mass is 10.1. The molecule has 0 saturated carbocycles. The van der Waals surface area contributed by atoms with E-state index in [1.807, 2.05) is 30.3 Å². The van der Waals surface area contributed by atoms with Crippen molar-refractivity contribution in [3.8, 4) is 5.75 Å². The first-order valence-electron chi connectivity index (χ1n) is 11.6. The van der Waals surface area contributed by atoms with Crippen molar-refractivity contribution in [2.24, 2.45) is 0 Å². The van der Waals surface area contributed by atoms with Crippen molar-refractivity contribution < 1.29 is 22.7 Å². The van der Waals surface area contributed by atoms with Crippen LogP contribution >= 0.6 is 0 Å². The minimum atomic E-state index is -4.13. The predicted octanol–water partition coefficient (Wildman–Crippen LogP) is 3.10. The number of ether oxygens (including phenoxy) is 1. The zero-order valence-corrected chi connectivity index (χ0v) is 21.4. The molecule has 0 radical (unpaired) electrons. The SMILES string of the molecule is CNC(=O)[C@H](C)N(CCc1ccccc1)C(=O)CN(c1ccccc1OC)S(=O)(=O)c1ccccc1. The lowest BCUT2D eigenvalue weighted by molar-refractivity contribution is -0.138. The van der Waals surface area contributed by atoms with Crippen molar-refractivity contribution >= 4 is 27.5 Å². The molecule has 2 amide bonds. The number of methoxy groups -OCH3 is 1. The number of anilines is 1. The van der Waals surface area contributed by atoms with Crippen LogP contribution in [-0.4, -0.2) is 58.4 Å². The van der Waals surface area contributed by atoms with Gasteiger partial charge in [-0.25, -0.2) is 8.42 Å². The zero-order chi connectivity index (χ0) is 26.1. The number of sulfonamides is 1. The number of likely N-dealkylation sites (N-methyl/N-ethyl adjacent to an activating group) is 1. The van der Waals surface area contributed by atoms with Crippen molar-refractivity contribution in [1.82, 2.24) is 10.2 Å². The van der Waals surface area contributed by atoms with Gasteiger partial charge in [0.15, 0.2) is 0 Å². The molecule has 36 heavy (non-hydrogen) atoms. The van der Waals surface area contributed by atoms with Crippen molar-refractivity contribution in [1.29, 1.82) is 0 Å². The average molecular weight is 510 g/mol. The second-order valence-corrected chi connectivity index (χ2v) is 9.97. The molecule has 0 heterocycles. The van der Waals surface area contributed by atoms with Crippen molar-refractivity contribution in [3.63, 3.8) is 0 Å². The van der Waals surface area contributed by atoms with Crippen molar-refractivity contribution in [3.05, 3.63) is 90.5 Å². The third kappa shape index (κ3) is 6.23. The van der Waals surface area contributed by atoms with E-state index in [1.165, 1.54) is 31.2 Å². The fourth-order valence-electron chi connectivity index (χ4n) is 3.85. The molecule has 0 fully saturated rings. The largest absolute Gasteiger partial charge is 0.495 e. The van der Waals surface area contributed by atoms with Crippen LogP contribution < -0.4 is 14.4 Å². The fourth-order valence-corrected chi connectivity index (χ4v) is 5.29. The lowest BCUT2D eigenvalue weighted by Crippen LogP contribution is -2.51. The van der Waals surface area contributed by atoms with Crippen molar-refractivity contribution in [2.45, 2.75) is 24.3 Å². The summed E-state index contributed by atoms with van der Waals surface area (Å²) in [6.07, 6.45) is 0.508. The second-order valence-electron chi connectivity index (χ2n) is 8.11. The molecule has 0 aliphatic heterocycles. The van der Waals surface area contributed by atoms with Crippen LogP contribution in [0.3, 0.4) is 0 Å². The molecule has 0 bridgehead atoms. The Morgan fingerprint density at radius 3 is 2.11 bits per heavy atom. The van der Waals surface area contributed by atoms with Crippen LogP contribution in [0, 0.1) is 0 Å². The third-order valence-corrected chi connectivity index (χ3v) is 7.64. The van der Waals surface area contributed by atoms with Gasteiger partial charge in [0.05, 0.1) is 17.7 Å². The van der Waals surface area contributed by atoms with Crippen LogP contribution in [0.5, 0.6) is 5.75 Å². The number of rotatable bonds is 11. The molecule has 0 aliphatic rings. The molecule has 3 rings (SSSR count). The first kappa shape index (κ1) is 26.7. The number of nitrogens with zero attached hydrogens (tertiary/aromatic N) is 2. The molecule has 1 atom stereocenters. The number of benzene rings is 3. The van der Waals surface area contributed by atoms with E-state index in [-0.39, 0.29) is 23.0 Å². The number of carbonyl (C=O) groups excluding carboxylic acids is 2. The normalized spacial score (nSPS) is 11.9. The number of amides is 2. The molecular formula is C27H31N3O5S. The maximum absolute atomic E-state index is 13.7. The quantitative estimate of drug-likeness (QED) is 0.429. The van der Waals surface area contributed by atoms with Crippen LogP contribution in [0.2, 0.25) is 0 Å². The molecule has 1 N–H and O–H groups in total. The highest BCUT2D eigenvalue weighted by molar-refractivity contribution is 7.92. The van der Waals surface area contributed by atoms with Crippen LogP contribution in [-0.2, 0) is 26.0 Å². The first-order valence-corrected chi connectivity index (χ1v) is 13.0. The Morgan fingerprint density at radius 1 is 0.917 bits per heavy atom. The standard InChI is InChI=1S/C27H31N3O5S/c1-21(27(32)28-2)29(19-18-22-12-6-4-7-13-22)26(31)20-30(24-16-10-11-17-25(24)35-3)36(33,34)23-14-8-5-9-15-23/h4-17,21H,18-20H2,1-3H3,(H,28,32)/t21-/m0/s1. The monoisotopic (exact) mass is 509 g/mol. The minimum absolute atomic E-state index is 0.0406. The number of para-hydroxylation sites is 2. The Balaban J connectivity index is 2.00. The Labute approximate surface area is 212 Å². The predicted molar refractivity (Wildman–Crippen MR) is 139 cm³/mol. The van der Waals surface area contributed by atoms with Crippen LogP contribution in [0.15, 0.2) is 89.8 Å². The summed E-state index contributed by atoms with van der Waals surface area (Å²) >= 11 is 0. The summed E-state index contributed by atoms with van der Waals surface area (Å²) in [7, 11) is -1.19. The Hall–Kier alpha value is -3.85. The van der Waals surface area contributed by atoms with Gasteiger partial charge in [0.1, 0.15) is 18.3 Å². The maximum atomic E-state index is 13.7. The van der Waals surface area contributed by atoms with E-state index >= 15 is 0 Å². The van der Waals surface area contributed by atoms with Crippen LogP contribution in [0.25, 0.3) is 0 Å². The first-order chi connectivity index (χ1) is 17.3. The highest BCUT2D eigenvalue weighted by Crippen LogP contribution is 2.32. The molecule has 0 aromatic heterocycles. The molecule has 3 aromatic rings. The molecule has 0 spiro atoms. The Kier molecular flexibility index (Phi) is 9.08. The van der Waals surface area contributed by atoms with E-state index in [0.29, 0.717) is 12.2 Å². The topological polar surface area (TPSA) is 96.0 Å². The number of carbonyl (C=O) groups is 2. The third-order valence-electron chi connectivity index (χ3n) is 5.86. The van der Waals surface area contributed by atoms with Gasteiger partial charge in [-0.2, -0.15) is 0 Å². The van der Waals surface area contributed by atoms with Gasteiger partial charge in [-0.3, -0.25) is 13.9 Å². The molecule has 0 unspecified atom stereocenters. The summed E-state index contributed by atoms with van der Waals surface area (Å²) < 4.78 is 33.9. The fraction of sp³-hybridized carbons (Fsp3) is 0.259. The lowest BCUT2D eigenvalue weighted by Gasteiger charge is -2.32. The highest BCUT2D eigenvalue weighted by Gasteiger charge is 2.33. The summed E-state index contributed by atoms with van der Waals surface area (Å²) in [5.41, 5.74) is 1.23. The molecule has 3 aromatic carbocycles. The minimum Gasteiger partial charge on any atom is -0.495 e. The van der Waals surface area contributed by atoms with Gasteiger partial charge in [0.25, 0.3) is 10.0 Å². The van der Waals surface area contributed by atoms with Gasteiger partial charge in [0.2, 0.25) is 11.8 Å².